The van der Waals surface area contributed by atoms with Gasteiger partial charge >= 0.3 is 0 Å². The van der Waals surface area contributed by atoms with Gasteiger partial charge in [-0.3, -0.25) is 10.1 Å². The molecule has 0 aromatic heterocycles. The Morgan fingerprint density at radius 2 is 2.31 bits per heavy atom. The van der Waals surface area contributed by atoms with E-state index in [4.69, 9.17) is 0 Å². The predicted molar refractivity (Wildman–Crippen MR) is 68.4 cm³/mol. The molecule has 0 bridgehead atoms. The number of rotatable bonds is 3. The van der Waals surface area contributed by atoms with E-state index in [-0.39, 0.29) is 18.1 Å². The van der Waals surface area contributed by atoms with E-state index in [1.54, 1.807) is 0 Å². The van der Waals surface area contributed by atoms with Crippen molar-refractivity contribution in [3.05, 3.63) is 0 Å². The predicted octanol–water partition coefficient (Wildman–Crippen LogP) is 1.54. The molecule has 92 valence electrons. The van der Waals surface area contributed by atoms with Crippen LogP contribution in [0.5, 0.6) is 0 Å². The summed E-state index contributed by atoms with van der Waals surface area (Å²) in [5.74, 6) is 3.98. The lowest BCUT2D eigenvalue weighted by molar-refractivity contribution is -0.130. The largest absolute Gasteiger partial charge is 0.325 e. The third-order valence-corrected chi connectivity index (χ3v) is 4.75. The molecule has 2 saturated heterocycles. The lowest BCUT2D eigenvalue weighted by atomic mass is 10.1. The van der Waals surface area contributed by atoms with Crippen LogP contribution >= 0.6 is 11.8 Å². The van der Waals surface area contributed by atoms with Crippen molar-refractivity contribution in [2.24, 2.45) is 11.8 Å². The fourth-order valence-electron chi connectivity index (χ4n) is 2.56. The van der Waals surface area contributed by atoms with Crippen LogP contribution in [-0.4, -0.2) is 41.1 Å². The smallest absolute Gasteiger partial charge is 0.240 e. The highest BCUT2D eigenvalue weighted by Crippen LogP contribution is 2.27. The number of hydrogen-bond acceptors (Lipinski definition) is 3. The summed E-state index contributed by atoms with van der Waals surface area (Å²) in [7, 11) is 0. The minimum atomic E-state index is 0.00135. The average molecular weight is 242 g/mol. The number of hydrogen-bond donors (Lipinski definition) is 1. The average Bonchev–Trinajstić information content (AvgIpc) is 2.81. The first-order valence-electron chi connectivity index (χ1n) is 6.24. The number of nitrogens with one attached hydrogen (secondary N) is 1. The third kappa shape index (κ3) is 2.38. The molecule has 0 spiro atoms. The maximum absolute atomic E-state index is 12.1. The molecule has 2 rings (SSSR count). The highest BCUT2D eigenvalue weighted by atomic mass is 32.2. The highest BCUT2D eigenvalue weighted by molar-refractivity contribution is 7.99. The van der Waals surface area contributed by atoms with Crippen LogP contribution in [0, 0.1) is 11.8 Å². The lowest BCUT2D eigenvalue weighted by Gasteiger charge is -2.29. The van der Waals surface area contributed by atoms with E-state index in [9.17, 15) is 4.79 Å². The maximum Gasteiger partial charge on any atom is 0.240 e. The van der Waals surface area contributed by atoms with Gasteiger partial charge in [-0.05, 0) is 36.7 Å². The van der Waals surface area contributed by atoms with Gasteiger partial charge in [0.15, 0.2) is 0 Å². The van der Waals surface area contributed by atoms with Crippen LogP contribution in [0.1, 0.15) is 27.2 Å². The minimum absolute atomic E-state index is 0.00135. The molecule has 2 fully saturated rings. The first-order chi connectivity index (χ1) is 7.59. The number of carbonyl (C=O) groups is 1. The molecular weight excluding hydrogens is 220 g/mol. The van der Waals surface area contributed by atoms with Gasteiger partial charge in [-0.25, -0.2) is 0 Å². The fraction of sp³-hybridized carbons (Fsp3) is 0.917. The van der Waals surface area contributed by atoms with Crippen molar-refractivity contribution in [1.29, 1.82) is 0 Å². The van der Waals surface area contributed by atoms with Crippen LogP contribution in [0.2, 0.25) is 0 Å². The van der Waals surface area contributed by atoms with Crippen molar-refractivity contribution >= 4 is 17.7 Å². The fourth-order valence-corrected chi connectivity index (χ4v) is 3.84. The topological polar surface area (TPSA) is 32.3 Å². The van der Waals surface area contributed by atoms with Gasteiger partial charge in [0.2, 0.25) is 5.91 Å². The molecule has 3 atom stereocenters. The van der Waals surface area contributed by atoms with E-state index in [0.717, 1.165) is 6.54 Å². The van der Waals surface area contributed by atoms with Gasteiger partial charge in [-0.2, -0.15) is 11.8 Å². The van der Waals surface area contributed by atoms with Crippen molar-refractivity contribution in [2.75, 3.05) is 18.1 Å². The van der Waals surface area contributed by atoms with E-state index >= 15 is 0 Å². The molecule has 16 heavy (non-hydrogen) atoms. The zero-order valence-electron chi connectivity index (χ0n) is 10.4. The second-order valence-electron chi connectivity index (χ2n) is 5.30. The summed E-state index contributed by atoms with van der Waals surface area (Å²) in [4.78, 5) is 14.1. The summed E-state index contributed by atoms with van der Waals surface area (Å²) in [6.07, 6.45) is 1.52. The van der Waals surface area contributed by atoms with Gasteiger partial charge in [0.25, 0.3) is 0 Å². The number of thioether (sulfide) groups is 1. The first-order valence-corrected chi connectivity index (χ1v) is 7.39. The number of carbonyl (C=O) groups excluding carboxylic acids is 1. The van der Waals surface area contributed by atoms with Gasteiger partial charge < -0.3 is 4.90 Å². The van der Waals surface area contributed by atoms with E-state index in [0.29, 0.717) is 11.8 Å². The van der Waals surface area contributed by atoms with Gasteiger partial charge in [-0.1, -0.05) is 13.8 Å². The molecule has 2 aliphatic rings. The van der Waals surface area contributed by atoms with Crippen LogP contribution in [-0.2, 0) is 4.79 Å². The summed E-state index contributed by atoms with van der Waals surface area (Å²) < 4.78 is 0. The first kappa shape index (κ1) is 12.2. The summed E-state index contributed by atoms with van der Waals surface area (Å²) in [6.45, 7) is 7.28. The van der Waals surface area contributed by atoms with Crippen molar-refractivity contribution in [2.45, 2.75) is 39.4 Å². The summed E-state index contributed by atoms with van der Waals surface area (Å²) in [5, 5.41) is 3.40. The number of amides is 1. The molecule has 0 aromatic rings. The van der Waals surface area contributed by atoms with Crippen LogP contribution in [0.3, 0.4) is 0 Å². The molecule has 0 aromatic carbocycles. The van der Waals surface area contributed by atoms with Crippen LogP contribution in [0.25, 0.3) is 0 Å². The monoisotopic (exact) mass is 242 g/mol. The van der Waals surface area contributed by atoms with E-state index in [1.807, 2.05) is 18.7 Å². The Bertz CT molecular complexity index is 264. The van der Waals surface area contributed by atoms with Crippen LogP contribution in [0.4, 0.5) is 0 Å². The molecule has 1 amide bonds. The van der Waals surface area contributed by atoms with Gasteiger partial charge in [-0.15, -0.1) is 0 Å². The van der Waals surface area contributed by atoms with E-state index in [1.165, 1.54) is 17.9 Å². The molecular formula is C12H22N2OS. The summed E-state index contributed by atoms with van der Waals surface area (Å²) in [6, 6.07) is 0.00135. The van der Waals surface area contributed by atoms with E-state index < -0.39 is 0 Å². The van der Waals surface area contributed by atoms with Crippen molar-refractivity contribution in [3.63, 3.8) is 0 Å². The molecule has 3 unspecified atom stereocenters. The second kappa shape index (κ2) is 4.96. The van der Waals surface area contributed by atoms with Crippen LogP contribution < -0.4 is 5.32 Å². The van der Waals surface area contributed by atoms with Crippen molar-refractivity contribution < 1.29 is 4.79 Å². The Kier molecular flexibility index (Phi) is 3.80. The molecule has 1 N–H and O–H groups in total. The quantitative estimate of drug-likeness (QED) is 0.815. The summed E-state index contributed by atoms with van der Waals surface area (Å²) >= 11 is 2.02. The Hall–Kier alpha value is -0.220. The Labute approximate surface area is 102 Å². The third-order valence-electron chi connectivity index (χ3n) is 3.52. The molecule has 0 radical (unpaired) electrons. The molecule has 4 heteroatoms. The Morgan fingerprint density at radius 1 is 1.56 bits per heavy atom. The van der Waals surface area contributed by atoms with Crippen LogP contribution in [0.15, 0.2) is 0 Å². The van der Waals surface area contributed by atoms with E-state index in [2.05, 4.69) is 24.1 Å². The van der Waals surface area contributed by atoms with Gasteiger partial charge in [0, 0.05) is 6.54 Å². The normalized spacial score (nSPS) is 35.4. The standard InChI is InChI=1S/C12H22N2OS/c1-8(2)11-13-9(3)12(15)14(11)6-10-4-5-16-7-10/h8-11,13H,4-7H2,1-3H3. The van der Waals surface area contributed by atoms with Crippen molar-refractivity contribution in [3.8, 4) is 0 Å². The SMILES string of the molecule is CC1NC(C(C)C)N(CC2CCSC2)C1=O. The number of nitrogens with zero attached hydrogens (tertiary/aromatic N) is 1. The van der Waals surface area contributed by atoms with Gasteiger partial charge in [0.1, 0.15) is 0 Å². The van der Waals surface area contributed by atoms with Gasteiger partial charge in [0.05, 0.1) is 12.2 Å². The molecule has 0 saturated carbocycles. The molecule has 2 heterocycles. The maximum atomic E-state index is 12.1. The second-order valence-corrected chi connectivity index (χ2v) is 6.45. The Balaban J connectivity index is 2.00. The summed E-state index contributed by atoms with van der Waals surface area (Å²) in [5.41, 5.74) is 0. The molecule has 3 nitrogen and oxygen atoms in total. The zero-order chi connectivity index (χ0) is 11.7. The van der Waals surface area contributed by atoms with Crippen molar-refractivity contribution in [1.82, 2.24) is 10.2 Å². The lowest BCUT2D eigenvalue weighted by Crippen LogP contribution is -2.43. The Morgan fingerprint density at radius 3 is 2.88 bits per heavy atom. The molecule has 2 aliphatic heterocycles. The minimum Gasteiger partial charge on any atom is -0.325 e. The molecule has 0 aliphatic carbocycles. The zero-order valence-corrected chi connectivity index (χ0v) is 11.2. The highest BCUT2D eigenvalue weighted by Gasteiger charge is 2.38.